The molecule has 3 aliphatic rings. The van der Waals surface area contributed by atoms with Gasteiger partial charge in [-0.25, -0.2) is 12.7 Å². The third-order valence-electron chi connectivity index (χ3n) is 5.56. The molecule has 0 aromatic carbocycles. The summed E-state index contributed by atoms with van der Waals surface area (Å²) in [5, 5.41) is 0. The van der Waals surface area contributed by atoms with Crippen molar-refractivity contribution in [1.29, 1.82) is 0 Å². The smallest absolute Gasteiger partial charge is 0.223 e. The summed E-state index contributed by atoms with van der Waals surface area (Å²) in [5.74, 6) is 1.09. The quantitative estimate of drug-likeness (QED) is 0.774. The number of carbonyl (C=O) groups is 1. The van der Waals surface area contributed by atoms with E-state index in [2.05, 4.69) is 4.90 Å². The number of likely N-dealkylation sites (tertiary alicyclic amines) is 1. The van der Waals surface area contributed by atoms with Gasteiger partial charge >= 0.3 is 0 Å². The van der Waals surface area contributed by atoms with E-state index < -0.39 is 10.0 Å². The van der Waals surface area contributed by atoms with Gasteiger partial charge in [0, 0.05) is 31.6 Å². The van der Waals surface area contributed by atoms with Gasteiger partial charge in [-0.05, 0) is 37.5 Å². The molecule has 1 saturated carbocycles. The van der Waals surface area contributed by atoms with Gasteiger partial charge in [-0.1, -0.05) is 20.3 Å². The van der Waals surface area contributed by atoms with Gasteiger partial charge in [-0.2, -0.15) is 0 Å². The van der Waals surface area contributed by atoms with E-state index in [1.54, 1.807) is 4.31 Å². The van der Waals surface area contributed by atoms with Gasteiger partial charge in [-0.3, -0.25) is 4.79 Å². The van der Waals surface area contributed by atoms with Gasteiger partial charge in [0.15, 0.2) is 0 Å². The number of amides is 1. The molecule has 0 bridgehead atoms. The number of sulfonamides is 1. The molecule has 0 aromatic heterocycles. The highest BCUT2D eigenvalue weighted by Crippen LogP contribution is 2.39. The first kappa shape index (κ1) is 16.2. The third kappa shape index (κ3) is 3.18. The standard InChI is InChI=1S/C16H28N2O3S/c1-3-12(2)11-22(20,21)17-9-8-15-13(10-17)4-7-16(19)18(15)14-5-6-14/h12-15H,3-11H2,1-2H3. The van der Waals surface area contributed by atoms with Crippen LogP contribution in [0.4, 0.5) is 0 Å². The van der Waals surface area contributed by atoms with Crippen LogP contribution in [0.1, 0.15) is 52.4 Å². The minimum absolute atomic E-state index is 0.207. The summed E-state index contributed by atoms with van der Waals surface area (Å²) in [4.78, 5) is 14.3. The van der Waals surface area contributed by atoms with E-state index >= 15 is 0 Å². The second-order valence-electron chi connectivity index (χ2n) is 7.34. The minimum atomic E-state index is -3.15. The Kier molecular flexibility index (Phi) is 4.52. The van der Waals surface area contributed by atoms with Crippen molar-refractivity contribution in [1.82, 2.24) is 9.21 Å². The van der Waals surface area contributed by atoms with E-state index in [4.69, 9.17) is 0 Å². The Hall–Kier alpha value is -0.620. The van der Waals surface area contributed by atoms with Gasteiger partial charge < -0.3 is 4.90 Å². The molecule has 3 fully saturated rings. The molecule has 3 atom stereocenters. The Morgan fingerprint density at radius 2 is 1.95 bits per heavy atom. The van der Waals surface area contributed by atoms with Crippen molar-refractivity contribution in [2.45, 2.75) is 64.5 Å². The maximum Gasteiger partial charge on any atom is 0.223 e. The van der Waals surface area contributed by atoms with E-state index in [1.807, 2.05) is 13.8 Å². The molecule has 1 aliphatic carbocycles. The Labute approximate surface area is 134 Å². The van der Waals surface area contributed by atoms with Crippen LogP contribution in [0.2, 0.25) is 0 Å². The summed E-state index contributed by atoms with van der Waals surface area (Å²) in [6.07, 6.45) is 5.41. The molecule has 2 aliphatic heterocycles. The van der Waals surface area contributed by atoms with Crippen molar-refractivity contribution < 1.29 is 13.2 Å². The van der Waals surface area contributed by atoms with Crippen LogP contribution >= 0.6 is 0 Å². The predicted octanol–water partition coefficient (Wildman–Crippen LogP) is 1.84. The van der Waals surface area contributed by atoms with Crippen LogP contribution < -0.4 is 0 Å². The Morgan fingerprint density at radius 1 is 1.23 bits per heavy atom. The SMILES string of the molecule is CCC(C)CS(=O)(=O)N1CCC2C(CCC(=O)N2C2CC2)C1. The first-order chi connectivity index (χ1) is 10.4. The van der Waals surface area contributed by atoms with Crippen LogP contribution in [0.25, 0.3) is 0 Å². The zero-order valence-corrected chi connectivity index (χ0v) is 14.5. The normalized spacial score (nSPS) is 31.9. The second kappa shape index (κ2) is 6.11. The first-order valence-electron chi connectivity index (χ1n) is 8.71. The zero-order valence-electron chi connectivity index (χ0n) is 13.7. The summed E-state index contributed by atoms with van der Waals surface area (Å²) < 4.78 is 26.8. The molecule has 2 heterocycles. The van der Waals surface area contributed by atoms with E-state index in [1.165, 1.54) is 0 Å². The maximum atomic E-state index is 12.6. The highest BCUT2D eigenvalue weighted by molar-refractivity contribution is 7.89. The topological polar surface area (TPSA) is 57.7 Å². The van der Waals surface area contributed by atoms with Crippen LogP contribution in [0.3, 0.4) is 0 Å². The summed E-state index contributed by atoms with van der Waals surface area (Å²) in [7, 11) is -3.15. The number of rotatable bonds is 5. The second-order valence-corrected chi connectivity index (χ2v) is 9.35. The molecule has 6 heteroatoms. The third-order valence-corrected chi connectivity index (χ3v) is 7.67. The largest absolute Gasteiger partial charge is 0.336 e. The molecular weight excluding hydrogens is 300 g/mol. The lowest BCUT2D eigenvalue weighted by molar-refractivity contribution is -0.141. The highest BCUT2D eigenvalue weighted by atomic mass is 32.2. The van der Waals surface area contributed by atoms with Crippen LogP contribution in [0.15, 0.2) is 0 Å². The average Bonchev–Trinajstić information content (AvgIpc) is 3.30. The Balaban J connectivity index is 1.68. The zero-order chi connectivity index (χ0) is 15.9. The molecule has 0 aromatic rings. The molecule has 0 radical (unpaired) electrons. The minimum Gasteiger partial charge on any atom is -0.336 e. The lowest BCUT2D eigenvalue weighted by Gasteiger charge is -2.47. The summed E-state index contributed by atoms with van der Waals surface area (Å²) in [6.45, 7) is 5.22. The van der Waals surface area contributed by atoms with Crippen molar-refractivity contribution >= 4 is 15.9 Å². The van der Waals surface area contributed by atoms with Crippen LogP contribution in [0.5, 0.6) is 0 Å². The summed E-state index contributed by atoms with van der Waals surface area (Å²) in [6, 6.07) is 0.729. The van der Waals surface area contributed by atoms with Gasteiger partial charge in [-0.15, -0.1) is 0 Å². The van der Waals surface area contributed by atoms with Crippen molar-refractivity contribution in [3.05, 3.63) is 0 Å². The van der Waals surface area contributed by atoms with Crippen LogP contribution in [0, 0.1) is 11.8 Å². The molecule has 3 unspecified atom stereocenters. The average molecular weight is 328 g/mol. The predicted molar refractivity (Wildman–Crippen MR) is 85.8 cm³/mol. The maximum absolute atomic E-state index is 12.6. The van der Waals surface area contributed by atoms with Crippen LogP contribution in [-0.2, 0) is 14.8 Å². The molecule has 0 spiro atoms. The summed E-state index contributed by atoms with van der Waals surface area (Å²) >= 11 is 0. The van der Waals surface area contributed by atoms with E-state index in [0.717, 1.165) is 32.1 Å². The van der Waals surface area contributed by atoms with E-state index in [9.17, 15) is 13.2 Å². The highest BCUT2D eigenvalue weighted by Gasteiger charge is 2.46. The fraction of sp³-hybridized carbons (Fsp3) is 0.938. The fourth-order valence-corrected chi connectivity index (χ4v) is 5.89. The first-order valence-corrected chi connectivity index (χ1v) is 10.3. The number of carbonyl (C=O) groups excluding carboxylic acids is 1. The van der Waals surface area contributed by atoms with Gasteiger partial charge in [0.1, 0.15) is 0 Å². The molecule has 3 rings (SSSR count). The van der Waals surface area contributed by atoms with Crippen LogP contribution in [-0.4, -0.2) is 54.5 Å². The molecule has 5 nitrogen and oxygen atoms in total. The van der Waals surface area contributed by atoms with Gasteiger partial charge in [0.2, 0.25) is 15.9 Å². The monoisotopic (exact) mass is 328 g/mol. The number of fused-ring (bicyclic) bond motifs is 1. The Morgan fingerprint density at radius 3 is 2.59 bits per heavy atom. The van der Waals surface area contributed by atoms with Crippen molar-refractivity contribution in [2.24, 2.45) is 11.8 Å². The lowest BCUT2D eigenvalue weighted by atomic mass is 9.84. The molecule has 2 saturated heterocycles. The molecule has 22 heavy (non-hydrogen) atoms. The van der Waals surface area contributed by atoms with Crippen molar-refractivity contribution in [3.63, 3.8) is 0 Å². The van der Waals surface area contributed by atoms with Gasteiger partial charge in [0.25, 0.3) is 0 Å². The molecule has 0 N–H and O–H groups in total. The Bertz CT molecular complexity index is 530. The van der Waals surface area contributed by atoms with Crippen molar-refractivity contribution in [2.75, 3.05) is 18.8 Å². The molecule has 1 amide bonds. The molecular formula is C16H28N2O3S. The fourth-order valence-electron chi connectivity index (χ4n) is 3.92. The van der Waals surface area contributed by atoms with E-state index in [-0.39, 0.29) is 17.7 Å². The number of piperidine rings is 2. The molecule has 126 valence electrons. The number of hydrogen-bond acceptors (Lipinski definition) is 3. The van der Waals surface area contributed by atoms with Gasteiger partial charge in [0.05, 0.1) is 5.75 Å². The number of hydrogen-bond donors (Lipinski definition) is 0. The lowest BCUT2D eigenvalue weighted by Crippen LogP contribution is -2.57. The van der Waals surface area contributed by atoms with Crippen molar-refractivity contribution in [3.8, 4) is 0 Å². The van der Waals surface area contributed by atoms with E-state index in [0.29, 0.717) is 37.4 Å². The summed E-state index contributed by atoms with van der Waals surface area (Å²) in [5.41, 5.74) is 0. The number of nitrogens with zero attached hydrogens (tertiary/aromatic N) is 2.